The quantitative estimate of drug-likeness (QED) is 0.400. The van der Waals surface area contributed by atoms with Crippen molar-refractivity contribution in [2.45, 2.75) is 12.5 Å². The van der Waals surface area contributed by atoms with Gasteiger partial charge in [0, 0.05) is 30.9 Å². The highest BCUT2D eigenvalue weighted by Crippen LogP contribution is 2.39. The van der Waals surface area contributed by atoms with Gasteiger partial charge in [-0.15, -0.1) is 0 Å². The molecule has 2 heterocycles. The zero-order valence-electron chi connectivity index (χ0n) is 16.8. The number of rotatable bonds is 7. The number of nitrogens with zero attached hydrogens (tertiary/aromatic N) is 2. The van der Waals surface area contributed by atoms with Crippen LogP contribution < -0.4 is 14.7 Å². The zero-order chi connectivity index (χ0) is 21.0. The van der Waals surface area contributed by atoms with Crippen LogP contribution in [0.5, 0.6) is 5.75 Å². The molecule has 0 bridgehead atoms. The molecule has 1 aromatic carbocycles. The molecule has 152 valence electrons. The molecule has 1 saturated heterocycles. The smallest absolute Gasteiger partial charge is 0.295 e. The van der Waals surface area contributed by atoms with Crippen molar-refractivity contribution in [2.24, 2.45) is 0 Å². The second kappa shape index (κ2) is 8.87. The van der Waals surface area contributed by atoms with Crippen LogP contribution in [0.2, 0.25) is 0 Å². The Morgan fingerprint density at radius 1 is 1.14 bits per heavy atom. The Morgan fingerprint density at radius 2 is 1.79 bits per heavy atom. The van der Waals surface area contributed by atoms with Crippen LogP contribution in [0, 0.1) is 0 Å². The van der Waals surface area contributed by atoms with E-state index in [9.17, 15) is 14.7 Å². The van der Waals surface area contributed by atoms with Gasteiger partial charge in [-0.1, -0.05) is 17.9 Å². The molecule has 0 spiro atoms. The van der Waals surface area contributed by atoms with Crippen LogP contribution in [0.15, 0.2) is 54.4 Å². The Labute approximate surface area is 170 Å². The van der Waals surface area contributed by atoms with Gasteiger partial charge in [0.15, 0.2) is 0 Å². The van der Waals surface area contributed by atoms with Gasteiger partial charge in [0.2, 0.25) is 5.78 Å². The summed E-state index contributed by atoms with van der Waals surface area (Å²) in [6.07, 6.45) is 3.72. The standard InChI is InChI=1S/C22H25N3O4/c1-24(2)13-4-14-25-19(15-5-7-17(29-3)8-6-15)18(21(27)22(25)28)20(26)16-9-11-23-12-10-16/h5-12,19,26H,4,13-14H2,1-3H3/b20-18+. The van der Waals surface area contributed by atoms with E-state index in [1.807, 2.05) is 14.1 Å². The maximum Gasteiger partial charge on any atom is 0.295 e. The summed E-state index contributed by atoms with van der Waals surface area (Å²) in [7, 11) is 5.63. The molecule has 0 radical (unpaired) electrons. The van der Waals surface area contributed by atoms with E-state index in [0.717, 1.165) is 13.0 Å². The minimum absolute atomic E-state index is 0.0106. The number of ketones is 1. The number of methoxy groups -OCH3 is 1. The molecule has 7 nitrogen and oxygen atoms in total. The topological polar surface area (TPSA) is 87.0 Å². The van der Waals surface area contributed by atoms with E-state index in [-0.39, 0.29) is 5.57 Å². The molecule has 2 aromatic rings. The highest BCUT2D eigenvalue weighted by atomic mass is 16.5. The van der Waals surface area contributed by atoms with Crippen molar-refractivity contribution in [3.63, 3.8) is 0 Å². The van der Waals surface area contributed by atoms with E-state index in [2.05, 4.69) is 4.98 Å². The van der Waals surface area contributed by atoms with Crippen LogP contribution in [0.1, 0.15) is 23.6 Å². The van der Waals surface area contributed by atoms with Crippen molar-refractivity contribution in [1.82, 2.24) is 9.88 Å². The number of likely N-dealkylation sites (tertiary alicyclic amines) is 1. The average molecular weight is 395 g/mol. The Bertz CT molecular complexity index is 907. The van der Waals surface area contributed by atoms with Crippen molar-refractivity contribution in [3.8, 4) is 5.75 Å². The number of benzene rings is 1. The molecular formula is C22H25N3O4. The fraction of sp³-hybridized carbons (Fsp3) is 0.318. The van der Waals surface area contributed by atoms with Gasteiger partial charge in [-0.3, -0.25) is 14.6 Å². The summed E-state index contributed by atoms with van der Waals surface area (Å²) in [6.45, 7) is 1.25. The fourth-order valence-corrected chi connectivity index (χ4v) is 3.50. The lowest BCUT2D eigenvalue weighted by atomic mass is 9.95. The lowest BCUT2D eigenvalue weighted by Crippen LogP contribution is -3.05. The van der Waals surface area contributed by atoms with Crippen LogP contribution in [-0.2, 0) is 9.59 Å². The van der Waals surface area contributed by atoms with Gasteiger partial charge in [0.25, 0.3) is 5.91 Å². The third-order valence-electron chi connectivity index (χ3n) is 4.98. The van der Waals surface area contributed by atoms with Gasteiger partial charge in [-0.2, -0.15) is 0 Å². The van der Waals surface area contributed by atoms with Crippen molar-refractivity contribution < 1.29 is 24.3 Å². The number of carbonyl (C=O) groups is 2. The first-order chi connectivity index (χ1) is 13.9. The zero-order valence-corrected chi connectivity index (χ0v) is 16.8. The number of nitrogens with one attached hydrogen (secondary N) is 1. The van der Waals surface area contributed by atoms with E-state index in [0.29, 0.717) is 23.4 Å². The van der Waals surface area contributed by atoms with Gasteiger partial charge in [-0.25, -0.2) is 0 Å². The van der Waals surface area contributed by atoms with Gasteiger partial charge in [-0.05, 0) is 35.4 Å². The summed E-state index contributed by atoms with van der Waals surface area (Å²) in [6, 6.07) is 9.50. The molecule has 0 aliphatic carbocycles. The molecule has 29 heavy (non-hydrogen) atoms. The monoisotopic (exact) mass is 395 g/mol. The van der Waals surface area contributed by atoms with Crippen molar-refractivity contribution >= 4 is 17.4 Å². The lowest BCUT2D eigenvalue weighted by Gasteiger charge is -2.27. The first kappa shape index (κ1) is 20.5. The van der Waals surface area contributed by atoms with Crippen LogP contribution in [0.3, 0.4) is 0 Å². The molecule has 7 heteroatoms. The van der Waals surface area contributed by atoms with Crippen molar-refractivity contribution in [3.05, 3.63) is 65.5 Å². The summed E-state index contributed by atoms with van der Waals surface area (Å²) < 4.78 is 5.20. The predicted molar refractivity (Wildman–Crippen MR) is 106 cm³/mol. The number of hydrogen-bond donors (Lipinski definition) is 1. The Balaban J connectivity index is 2.06. The molecule has 1 amide bonds. The van der Waals surface area contributed by atoms with Crippen LogP contribution >= 0.6 is 0 Å². The highest BCUT2D eigenvalue weighted by Gasteiger charge is 2.43. The molecule has 1 aliphatic heterocycles. The lowest BCUT2D eigenvalue weighted by molar-refractivity contribution is -0.858. The number of ether oxygens (including phenoxy) is 1. The number of quaternary nitrogens is 1. The molecule has 0 saturated carbocycles. The number of hydrogen-bond acceptors (Lipinski definition) is 5. The van der Waals surface area contributed by atoms with E-state index in [4.69, 9.17) is 4.74 Å². The van der Waals surface area contributed by atoms with Gasteiger partial charge in [0.05, 0.1) is 33.8 Å². The fourth-order valence-electron chi connectivity index (χ4n) is 3.50. The second-order valence-electron chi connectivity index (χ2n) is 7.29. The summed E-state index contributed by atoms with van der Waals surface area (Å²) in [5.41, 5.74) is 1.04. The average Bonchev–Trinajstić information content (AvgIpc) is 2.98. The predicted octanol–water partition coefficient (Wildman–Crippen LogP) is -0.151. The minimum atomic E-state index is -0.732. The van der Waals surface area contributed by atoms with E-state index in [1.165, 1.54) is 22.2 Å². The second-order valence-corrected chi connectivity index (χ2v) is 7.29. The summed E-state index contributed by atoms with van der Waals surface area (Å²) in [5.74, 6) is -1.14. The van der Waals surface area contributed by atoms with E-state index >= 15 is 0 Å². The van der Waals surface area contributed by atoms with E-state index in [1.54, 1.807) is 43.5 Å². The van der Waals surface area contributed by atoms with Crippen LogP contribution in [0.4, 0.5) is 0 Å². The molecule has 1 fully saturated rings. The molecule has 1 aliphatic rings. The third kappa shape index (κ3) is 4.30. The first-order valence-corrected chi connectivity index (χ1v) is 9.54. The molecule has 1 N–H and O–H groups in total. The third-order valence-corrected chi connectivity index (χ3v) is 4.98. The molecular weight excluding hydrogens is 370 g/mol. The number of Topliss-reactive ketones (excluding diaryl/α,β-unsaturated/α-hetero) is 1. The number of aromatic nitrogens is 1. The Kier molecular flexibility index (Phi) is 6.29. The largest absolute Gasteiger partial charge is 0.872 e. The minimum Gasteiger partial charge on any atom is -0.872 e. The first-order valence-electron chi connectivity index (χ1n) is 9.54. The SMILES string of the molecule is COc1ccc(C2/C(=C(\[O-])c3ccncc3)C(=O)C(=O)N2CCC[NH+](C)C)cc1. The van der Waals surface area contributed by atoms with Crippen molar-refractivity contribution in [2.75, 3.05) is 34.3 Å². The van der Waals surface area contributed by atoms with Gasteiger partial charge >= 0.3 is 0 Å². The highest BCUT2D eigenvalue weighted by molar-refractivity contribution is 6.46. The molecule has 1 atom stereocenters. The Morgan fingerprint density at radius 3 is 2.38 bits per heavy atom. The van der Waals surface area contributed by atoms with Gasteiger partial charge in [0.1, 0.15) is 5.75 Å². The van der Waals surface area contributed by atoms with E-state index < -0.39 is 23.5 Å². The van der Waals surface area contributed by atoms with Crippen LogP contribution in [-0.4, -0.2) is 55.9 Å². The van der Waals surface area contributed by atoms with Crippen LogP contribution in [0.25, 0.3) is 5.76 Å². The maximum atomic E-state index is 13.1. The summed E-state index contributed by atoms with van der Waals surface area (Å²) in [4.78, 5) is 32.3. The molecule has 3 rings (SSSR count). The molecule has 1 unspecified atom stereocenters. The van der Waals surface area contributed by atoms with Gasteiger partial charge < -0.3 is 19.6 Å². The maximum absolute atomic E-state index is 13.1. The molecule has 1 aromatic heterocycles. The Hall–Kier alpha value is -3.19. The van der Waals surface area contributed by atoms with Crippen molar-refractivity contribution in [1.29, 1.82) is 0 Å². The number of pyridine rings is 1. The number of amides is 1. The summed E-state index contributed by atoms with van der Waals surface area (Å²) >= 11 is 0. The number of carbonyl (C=O) groups excluding carboxylic acids is 2. The normalized spacial score (nSPS) is 18.5. The summed E-state index contributed by atoms with van der Waals surface area (Å²) in [5, 5.41) is 13.1.